The normalized spacial score (nSPS) is 19.3. The fourth-order valence-electron chi connectivity index (χ4n) is 4.83. The summed E-state index contributed by atoms with van der Waals surface area (Å²) in [6, 6.07) is 15.5. The quantitative estimate of drug-likeness (QED) is 0.520. The molecule has 4 heterocycles. The highest BCUT2D eigenvalue weighted by Gasteiger charge is 2.34. The van der Waals surface area contributed by atoms with Crippen LogP contribution in [0.1, 0.15) is 33.6 Å². The van der Waals surface area contributed by atoms with Crippen LogP contribution in [0.3, 0.4) is 0 Å². The van der Waals surface area contributed by atoms with Crippen LogP contribution in [-0.2, 0) is 22.6 Å². The second-order valence-corrected chi connectivity index (χ2v) is 9.88. The number of nitrogens with one attached hydrogen (secondary N) is 2. The molecule has 0 unspecified atom stereocenters. The minimum absolute atomic E-state index is 0.0560. The van der Waals surface area contributed by atoms with E-state index in [0.717, 1.165) is 16.8 Å². The van der Waals surface area contributed by atoms with Gasteiger partial charge in [-0.3, -0.25) is 19.4 Å². The van der Waals surface area contributed by atoms with Gasteiger partial charge in [0, 0.05) is 37.8 Å². The van der Waals surface area contributed by atoms with Gasteiger partial charge in [0.2, 0.25) is 5.91 Å². The number of methoxy groups -OCH3 is 1. The number of fused-ring (bicyclic) bond motifs is 7. The predicted molar refractivity (Wildman–Crippen MR) is 146 cm³/mol. The molecule has 10 nitrogen and oxygen atoms in total. The molecule has 2 atom stereocenters. The van der Waals surface area contributed by atoms with Crippen molar-refractivity contribution >= 4 is 17.7 Å². The molecular weight excluding hydrogens is 512 g/mol. The van der Waals surface area contributed by atoms with Crippen LogP contribution in [0.25, 0.3) is 0 Å². The van der Waals surface area contributed by atoms with E-state index in [1.165, 1.54) is 7.11 Å². The number of pyridine rings is 1. The van der Waals surface area contributed by atoms with Gasteiger partial charge in [-0.1, -0.05) is 18.2 Å². The average molecular weight is 545 g/mol. The molecule has 3 aliphatic heterocycles. The van der Waals surface area contributed by atoms with Crippen LogP contribution < -0.4 is 24.8 Å². The molecule has 1 fully saturated rings. The topological polar surface area (TPSA) is 119 Å². The van der Waals surface area contributed by atoms with Crippen molar-refractivity contribution < 1.29 is 28.6 Å². The largest absolute Gasteiger partial charge is 0.493 e. The van der Waals surface area contributed by atoms with Gasteiger partial charge in [0.1, 0.15) is 11.9 Å². The number of hydrogen-bond acceptors (Lipinski definition) is 7. The van der Waals surface area contributed by atoms with Gasteiger partial charge in [-0.25, -0.2) is 0 Å². The number of rotatable bonds is 3. The van der Waals surface area contributed by atoms with Gasteiger partial charge < -0.3 is 29.7 Å². The first-order valence-electron chi connectivity index (χ1n) is 13.2. The molecule has 208 valence electrons. The van der Waals surface area contributed by atoms with Gasteiger partial charge in [0.05, 0.1) is 25.3 Å². The Balaban J connectivity index is 1.41. The summed E-state index contributed by atoms with van der Waals surface area (Å²) in [6.07, 6.45) is 2.04. The maximum atomic E-state index is 13.4. The SMILES string of the molecule is COc1ccc2cc1OCC(=O)NCc1ccc(cc1)O[C@@H]1CCN(C(=O)Cc3ncccc3C)C[C@@H]1NC2=O. The van der Waals surface area contributed by atoms with Crippen LogP contribution in [0.4, 0.5) is 0 Å². The summed E-state index contributed by atoms with van der Waals surface area (Å²) in [5, 5.41) is 5.89. The van der Waals surface area contributed by atoms with E-state index in [0.29, 0.717) is 36.6 Å². The average Bonchev–Trinajstić information content (AvgIpc) is 2.97. The molecule has 2 aromatic carbocycles. The first-order valence-corrected chi connectivity index (χ1v) is 13.2. The Morgan fingerprint density at radius 1 is 1.15 bits per heavy atom. The van der Waals surface area contributed by atoms with Crippen LogP contribution in [0.5, 0.6) is 17.2 Å². The van der Waals surface area contributed by atoms with Crippen molar-refractivity contribution in [3.63, 3.8) is 0 Å². The number of carbonyl (C=O) groups is 3. The highest BCUT2D eigenvalue weighted by Crippen LogP contribution is 2.29. The van der Waals surface area contributed by atoms with Crippen LogP contribution in [0, 0.1) is 6.92 Å². The fraction of sp³-hybridized carbons (Fsp3) is 0.333. The number of aromatic nitrogens is 1. The molecule has 1 saturated heterocycles. The number of nitrogens with zero attached hydrogens (tertiary/aromatic N) is 2. The zero-order valence-corrected chi connectivity index (χ0v) is 22.5. The number of ether oxygens (including phenoxy) is 3. The third-order valence-corrected chi connectivity index (χ3v) is 7.14. The first-order chi connectivity index (χ1) is 19.4. The summed E-state index contributed by atoms with van der Waals surface area (Å²) in [6.45, 7) is 2.81. The summed E-state index contributed by atoms with van der Waals surface area (Å²) in [5.41, 5.74) is 2.93. The van der Waals surface area contributed by atoms with Gasteiger partial charge in [-0.05, 0) is 54.4 Å². The van der Waals surface area contributed by atoms with Gasteiger partial charge >= 0.3 is 0 Å². The number of likely N-dealkylation sites (tertiary alicyclic amines) is 1. The summed E-state index contributed by atoms with van der Waals surface area (Å²) >= 11 is 0. The number of hydrogen-bond donors (Lipinski definition) is 2. The van der Waals surface area contributed by atoms with E-state index in [4.69, 9.17) is 14.2 Å². The van der Waals surface area contributed by atoms with E-state index in [1.54, 1.807) is 29.3 Å². The minimum Gasteiger partial charge on any atom is -0.493 e. The molecular formula is C30H32N4O6. The number of benzene rings is 2. The fourth-order valence-corrected chi connectivity index (χ4v) is 4.83. The highest BCUT2D eigenvalue weighted by molar-refractivity contribution is 5.95. The van der Waals surface area contributed by atoms with Crippen molar-refractivity contribution in [2.24, 2.45) is 0 Å². The zero-order chi connectivity index (χ0) is 28.1. The van der Waals surface area contributed by atoms with Crippen molar-refractivity contribution in [1.29, 1.82) is 0 Å². The molecule has 0 aliphatic carbocycles. The standard InChI is InChI=1S/C30H32N4O6/c1-19-4-3-12-31-23(19)15-29(36)34-13-11-25-24(17-34)33-30(37)21-7-10-26(38-2)27(14-21)39-18-28(35)32-16-20-5-8-22(40-25)9-6-20/h3-10,12,14,24-25H,11,13,15-18H2,1-2H3,(H,32,35)(H,33,37)/t24-,25+/m0/s1. The van der Waals surface area contributed by atoms with Gasteiger partial charge in [-0.2, -0.15) is 0 Å². The third kappa shape index (κ3) is 6.33. The predicted octanol–water partition coefficient (Wildman–Crippen LogP) is 2.43. The monoisotopic (exact) mass is 544 g/mol. The highest BCUT2D eigenvalue weighted by atomic mass is 16.5. The van der Waals surface area contributed by atoms with E-state index in [-0.39, 0.29) is 49.1 Å². The van der Waals surface area contributed by atoms with Crippen molar-refractivity contribution in [3.8, 4) is 17.2 Å². The second-order valence-electron chi connectivity index (χ2n) is 9.88. The van der Waals surface area contributed by atoms with E-state index < -0.39 is 6.04 Å². The van der Waals surface area contributed by atoms with E-state index in [1.807, 2.05) is 43.3 Å². The van der Waals surface area contributed by atoms with Gasteiger partial charge in [0.15, 0.2) is 18.1 Å². The summed E-state index contributed by atoms with van der Waals surface area (Å²) < 4.78 is 17.4. The van der Waals surface area contributed by atoms with Gasteiger partial charge in [-0.15, -0.1) is 0 Å². The lowest BCUT2D eigenvalue weighted by Gasteiger charge is -2.39. The van der Waals surface area contributed by atoms with Crippen LogP contribution in [-0.4, -0.2) is 66.6 Å². The molecule has 3 aromatic rings. The van der Waals surface area contributed by atoms with Crippen molar-refractivity contribution in [3.05, 3.63) is 83.2 Å². The maximum Gasteiger partial charge on any atom is 0.258 e. The molecule has 10 heteroatoms. The Hall–Kier alpha value is -4.60. The molecule has 3 amide bonds. The lowest BCUT2D eigenvalue weighted by atomic mass is 10.00. The van der Waals surface area contributed by atoms with Crippen molar-refractivity contribution in [1.82, 2.24) is 20.5 Å². The Morgan fingerprint density at radius 2 is 1.98 bits per heavy atom. The summed E-state index contributed by atoms with van der Waals surface area (Å²) in [5.74, 6) is 0.598. The van der Waals surface area contributed by atoms with E-state index in [9.17, 15) is 14.4 Å². The Labute approximate surface area is 232 Å². The first kappa shape index (κ1) is 27.0. The smallest absolute Gasteiger partial charge is 0.258 e. The second kappa shape index (κ2) is 12.1. The van der Waals surface area contributed by atoms with Crippen LogP contribution >= 0.6 is 0 Å². The molecule has 1 aromatic heterocycles. The van der Waals surface area contributed by atoms with E-state index >= 15 is 0 Å². The third-order valence-electron chi connectivity index (χ3n) is 7.14. The lowest BCUT2D eigenvalue weighted by molar-refractivity contribution is -0.133. The number of carbonyl (C=O) groups excluding carboxylic acids is 3. The molecule has 2 N–H and O–H groups in total. The Bertz CT molecular complexity index is 1390. The van der Waals surface area contributed by atoms with Crippen LogP contribution in [0.15, 0.2) is 60.8 Å². The molecule has 0 radical (unpaired) electrons. The molecule has 6 rings (SSSR count). The minimum atomic E-state index is -0.472. The van der Waals surface area contributed by atoms with Crippen LogP contribution in [0.2, 0.25) is 0 Å². The van der Waals surface area contributed by atoms with Crippen molar-refractivity contribution in [2.75, 3.05) is 26.8 Å². The summed E-state index contributed by atoms with van der Waals surface area (Å²) in [4.78, 5) is 45.2. The van der Waals surface area contributed by atoms with E-state index in [2.05, 4.69) is 15.6 Å². The number of piperidine rings is 1. The maximum absolute atomic E-state index is 13.4. The lowest BCUT2D eigenvalue weighted by Crippen LogP contribution is -2.58. The van der Waals surface area contributed by atoms with Crippen molar-refractivity contribution in [2.45, 2.75) is 38.5 Å². The summed E-state index contributed by atoms with van der Waals surface area (Å²) in [7, 11) is 1.49. The molecule has 0 saturated carbocycles. The van der Waals surface area contributed by atoms with Gasteiger partial charge in [0.25, 0.3) is 11.8 Å². The number of amides is 3. The Kier molecular flexibility index (Phi) is 8.14. The molecule has 3 aliphatic rings. The molecule has 0 spiro atoms. The number of aryl methyl sites for hydroxylation is 1. The Morgan fingerprint density at radius 3 is 2.75 bits per heavy atom. The molecule has 4 bridgehead atoms. The molecule has 40 heavy (non-hydrogen) atoms. The zero-order valence-electron chi connectivity index (χ0n) is 22.5.